The van der Waals surface area contributed by atoms with Crippen molar-refractivity contribution in [1.29, 1.82) is 0 Å². The number of pyridine rings is 1. The number of aromatic amines is 1. The highest BCUT2D eigenvalue weighted by atomic mass is 16.2. The van der Waals surface area contributed by atoms with E-state index in [1.165, 1.54) is 6.42 Å². The maximum atomic E-state index is 12.7. The number of amides is 1. The second-order valence-electron chi connectivity index (χ2n) is 6.54. The number of carbonyl (C=O) groups is 1. The molecule has 1 atom stereocenters. The fraction of sp³-hybridized carbons (Fsp3) is 0.474. The van der Waals surface area contributed by atoms with Crippen molar-refractivity contribution < 1.29 is 4.79 Å². The van der Waals surface area contributed by atoms with Gasteiger partial charge in [-0.2, -0.15) is 0 Å². The first-order valence-corrected chi connectivity index (χ1v) is 8.89. The largest absolute Gasteiger partial charge is 0.339 e. The maximum Gasteiger partial charge on any atom is 0.255 e. The van der Waals surface area contributed by atoms with Gasteiger partial charge in [-0.05, 0) is 44.7 Å². The van der Waals surface area contributed by atoms with Crippen LogP contribution in [0.3, 0.4) is 0 Å². The van der Waals surface area contributed by atoms with Crippen molar-refractivity contribution in [2.24, 2.45) is 0 Å². The molecule has 1 saturated heterocycles. The van der Waals surface area contributed by atoms with Gasteiger partial charge >= 0.3 is 0 Å². The molecule has 3 rings (SSSR count). The van der Waals surface area contributed by atoms with Gasteiger partial charge in [-0.25, -0.2) is 4.98 Å². The smallest absolute Gasteiger partial charge is 0.255 e. The number of rotatable bonds is 4. The molecule has 2 aromatic rings. The number of carbonyl (C=O) groups excluding carboxylic acids is 1. The molecule has 6 heteroatoms. The van der Waals surface area contributed by atoms with Crippen LogP contribution in [0.1, 0.15) is 43.9 Å². The number of piperidine rings is 1. The average Bonchev–Trinajstić information content (AvgIpc) is 2.65. The summed E-state index contributed by atoms with van der Waals surface area (Å²) in [4.78, 5) is 38.5. The van der Waals surface area contributed by atoms with Gasteiger partial charge in [-0.1, -0.05) is 6.92 Å². The number of hydrogen-bond donors (Lipinski definition) is 1. The number of aryl methyl sites for hydroxylation is 1. The minimum atomic E-state index is -0.246. The van der Waals surface area contributed by atoms with Gasteiger partial charge in [0.1, 0.15) is 5.82 Å². The van der Waals surface area contributed by atoms with Gasteiger partial charge in [0.25, 0.3) is 5.56 Å². The molecule has 1 amide bonds. The Balaban J connectivity index is 1.83. The molecule has 1 aliphatic rings. The molecule has 132 valence electrons. The highest BCUT2D eigenvalue weighted by molar-refractivity contribution is 5.79. The summed E-state index contributed by atoms with van der Waals surface area (Å²) in [6.45, 7) is 4.68. The van der Waals surface area contributed by atoms with E-state index in [1.54, 1.807) is 25.4 Å². The van der Waals surface area contributed by atoms with E-state index in [1.807, 2.05) is 11.0 Å². The number of likely N-dealkylation sites (tertiary alicyclic amines) is 1. The summed E-state index contributed by atoms with van der Waals surface area (Å²) < 4.78 is 0. The molecule has 0 saturated carbocycles. The summed E-state index contributed by atoms with van der Waals surface area (Å²) in [5.74, 6) is 0.507. The Kier molecular flexibility index (Phi) is 5.26. The number of hydrogen-bond acceptors (Lipinski definition) is 4. The number of nitrogens with zero attached hydrogens (tertiary/aromatic N) is 3. The lowest BCUT2D eigenvalue weighted by Crippen LogP contribution is -2.44. The summed E-state index contributed by atoms with van der Waals surface area (Å²) in [7, 11) is 0. The molecule has 0 aromatic carbocycles. The van der Waals surface area contributed by atoms with Gasteiger partial charge in [-0.15, -0.1) is 0 Å². The van der Waals surface area contributed by atoms with E-state index in [0.29, 0.717) is 23.1 Å². The Morgan fingerprint density at radius 1 is 1.40 bits per heavy atom. The fourth-order valence-electron chi connectivity index (χ4n) is 3.46. The summed E-state index contributed by atoms with van der Waals surface area (Å²) in [6.07, 6.45) is 7.65. The summed E-state index contributed by atoms with van der Waals surface area (Å²) in [6, 6.07) is 3.93. The molecule has 3 heterocycles. The van der Waals surface area contributed by atoms with Crippen LogP contribution in [0.4, 0.5) is 0 Å². The Morgan fingerprint density at radius 3 is 2.92 bits per heavy atom. The second-order valence-corrected chi connectivity index (χ2v) is 6.54. The van der Waals surface area contributed by atoms with E-state index >= 15 is 0 Å². The van der Waals surface area contributed by atoms with Gasteiger partial charge in [0.05, 0.1) is 6.42 Å². The topological polar surface area (TPSA) is 79.0 Å². The summed E-state index contributed by atoms with van der Waals surface area (Å²) in [5.41, 5.74) is 1.56. The Bertz CT molecular complexity index is 801. The summed E-state index contributed by atoms with van der Waals surface area (Å²) in [5, 5.41) is 0. The van der Waals surface area contributed by atoms with E-state index in [-0.39, 0.29) is 17.9 Å². The number of nitrogens with one attached hydrogen (secondary N) is 1. The molecular formula is C19H24N4O2. The van der Waals surface area contributed by atoms with Crippen LogP contribution in [0.2, 0.25) is 0 Å². The Morgan fingerprint density at radius 2 is 2.24 bits per heavy atom. The molecule has 1 fully saturated rings. The Labute approximate surface area is 147 Å². The molecule has 1 N–H and O–H groups in total. The fourth-order valence-corrected chi connectivity index (χ4v) is 3.46. The van der Waals surface area contributed by atoms with Crippen LogP contribution in [0.5, 0.6) is 0 Å². The number of H-pyrrole nitrogens is 1. The average molecular weight is 340 g/mol. The lowest BCUT2D eigenvalue weighted by atomic mass is 9.99. The maximum absolute atomic E-state index is 12.7. The van der Waals surface area contributed by atoms with Crippen LogP contribution in [-0.4, -0.2) is 38.3 Å². The third-order valence-corrected chi connectivity index (χ3v) is 4.90. The van der Waals surface area contributed by atoms with Crippen molar-refractivity contribution in [1.82, 2.24) is 19.9 Å². The molecule has 2 aromatic heterocycles. The van der Waals surface area contributed by atoms with Crippen molar-refractivity contribution in [3.05, 3.63) is 46.1 Å². The normalized spacial score (nSPS) is 17.5. The minimum Gasteiger partial charge on any atom is -0.339 e. The van der Waals surface area contributed by atoms with Crippen molar-refractivity contribution in [2.75, 3.05) is 6.54 Å². The monoisotopic (exact) mass is 340 g/mol. The third-order valence-electron chi connectivity index (χ3n) is 4.90. The first-order valence-electron chi connectivity index (χ1n) is 8.89. The molecule has 1 aliphatic heterocycles. The van der Waals surface area contributed by atoms with Gasteiger partial charge < -0.3 is 9.88 Å². The van der Waals surface area contributed by atoms with Crippen molar-refractivity contribution in [3.8, 4) is 11.4 Å². The van der Waals surface area contributed by atoms with E-state index in [4.69, 9.17) is 0 Å². The highest BCUT2D eigenvalue weighted by Gasteiger charge is 2.26. The van der Waals surface area contributed by atoms with E-state index in [2.05, 4.69) is 21.9 Å². The van der Waals surface area contributed by atoms with E-state index in [9.17, 15) is 9.59 Å². The van der Waals surface area contributed by atoms with Gasteiger partial charge in [0.2, 0.25) is 5.91 Å². The van der Waals surface area contributed by atoms with Crippen LogP contribution >= 0.6 is 0 Å². The van der Waals surface area contributed by atoms with Crippen LogP contribution in [-0.2, 0) is 11.2 Å². The Hall–Kier alpha value is -2.50. The third kappa shape index (κ3) is 3.78. The van der Waals surface area contributed by atoms with Crippen LogP contribution in [0, 0.1) is 6.92 Å². The first kappa shape index (κ1) is 17.3. The molecule has 6 nitrogen and oxygen atoms in total. The van der Waals surface area contributed by atoms with E-state index in [0.717, 1.165) is 31.4 Å². The van der Waals surface area contributed by atoms with Crippen molar-refractivity contribution in [2.45, 2.75) is 52.0 Å². The zero-order valence-electron chi connectivity index (χ0n) is 14.8. The lowest BCUT2D eigenvalue weighted by Gasteiger charge is -2.35. The zero-order chi connectivity index (χ0) is 17.8. The van der Waals surface area contributed by atoms with Gasteiger partial charge in [0.15, 0.2) is 0 Å². The highest BCUT2D eigenvalue weighted by Crippen LogP contribution is 2.21. The van der Waals surface area contributed by atoms with Gasteiger partial charge in [-0.3, -0.25) is 14.6 Å². The molecule has 0 radical (unpaired) electrons. The lowest BCUT2D eigenvalue weighted by molar-refractivity contribution is -0.134. The van der Waals surface area contributed by atoms with Crippen LogP contribution in [0.15, 0.2) is 29.3 Å². The standard InChI is InChI=1S/C19H24N4O2/c1-3-15-8-4-5-10-23(15)17(24)11-16-13(2)21-18(22-19(16)25)14-7-6-9-20-12-14/h6-7,9,12,15H,3-5,8,10-11H2,1-2H3,(H,21,22,25)/t15-/m0/s1. The molecule has 0 unspecified atom stereocenters. The predicted octanol–water partition coefficient (Wildman–Crippen LogP) is 2.47. The predicted molar refractivity (Wildman–Crippen MR) is 96.2 cm³/mol. The van der Waals surface area contributed by atoms with Crippen LogP contribution in [0.25, 0.3) is 11.4 Å². The van der Waals surface area contributed by atoms with Crippen LogP contribution < -0.4 is 5.56 Å². The van der Waals surface area contributed by atoms with Crippen molar-refractivity contribution >= 4 is 5.91 Å². The van der Waals surface area contributed by atoms with Gasteiger partial charge in [0, 0.05) is 41.8 Å². The molecular weight excluding hydrogens is 316 g/mol. The number of aromatic nitrogens is 3. The van der Waals surface area contributed by atoms with Crippen molar-refractivity contribution in [3.63, 3.8) is 0 Å². The zero-order valence-corrected chi connectivity index (χ0v) is 14.8. The van der Waals surface area contributed by atoms with E-state index < -0.39 is 0 Å². The molecule has 0 bridgehead atoms. The first-order chi connectivity index (χ1) is 12.1. The minimum absolute atomic E-state index is 0.0241. The second kappa shape index (κ2) is 7.59. The SMILES string of the molecule is CC[C@H]1CCCCN1C(=O)Cc1c(C)nc(-c2cccnc2)[nH]c1=O. The molecule has 0 spiro atoms. The summed E-state index contributed by atoms with van der Waals surface area (Å²) >= 11 is 0. The molecule has 0 aliphatic carbocycles. The molecule has 25 heavy (non-hydrogen) atoms. The quantitative estimate of drug-likeness (QED) is 0.927.